The van der Waals surface area contributed by atoms with Crippen LogP contribution in [0.3, 0.4) is 0 Å². The summed E-state index contributed by atoms with van der Waals surface area (Å²) < 4.78 is 7.31. The maximum absolute atomic E-state index is 12.8. The number of hydrogen-bond acceptors (Lipinski definition) is 5. The van der Waals surface area contributed by atoms with Gasteiger partial charge in [0, 0.05) is 17.8 Å². The van der Waals surface area contributed by atoms with E-state index in [0.29, 0.717) is 11.6 Å². The fourth-order valence-corrected chi connectivity index (χ4v) is 4.73. The lowest BCUT2D eigenvalue weighted by atomic mass is 10.1. The molecular weight excluding hydrogens is 444 g/mol. The van der Waals surface area contributed by atoms with Crippen LogP contribution in [0.4, 0.5) is 5.69 Å². The minimum absolute atomic E-state index is 0.0751. The van der Waals surface area contributed by atoms with E-state index in [2.05, 4.69) is 46.7 Å². The van der Waals surface area contributed by atoms with Crippen molar-refractivity contribution in [2.75, 3.05) is 18.2 Å². The van der Waals surface area contributed by atoms with E-state index in [-0.39, 0.29) is 11.7 Å². The average molecular weight is 473 g/mol. The molecule has 0 radical (unpaired) electrons. The first kappa shape index (κ1) is 23.6. The number of aryl methyl sites for hydroxylation is 3. The topological polar surface area (TPSA) is 69.0 Å². The van der Waals surface area contributed by atoms with Crippen molar-refractivity contribution < 1.29 is 9.53 Å². The molecule has 1 aromatic heterocycles. The van der Waals surface area contributed by atoms with Crippen LogP contribution in [-0.2, 0) is 11.2 Å². The van der Waals surface area contributed by atoms with Gasteiger partial charge < -0.3 is 10.1 Å². The number of thioether (sulfide) groups is 1. The predicted molar refractivity (Wildman–Crippen MR) is 137 cm³/mol. The van der Waals surface area contributed by atoms with Crippen molar-refractivity contribution in [2.45, 2.75) is 32.3 Å². The zero-order valence-corrected chi connectivity index (χ0v) is 20.6. The molecule has 0 spiro atoms. The second kappa shape index (κ2) is 10.6. The molecule has 7 heteroatoms. The Balaban J connectivity index is 1.56. The van der Waals surface area contributed by atoms with Crippen molar-refractivity contribution in [1.29, 1.82) is 0 Å². The molecule has 6 nitrogen and oxygen atoms in total. The number of methoxy groups -OCH3 is 1. The normalized spacial score (nSPS) is 10.8. The Labute approximate surface area is 204 Å². The van der Waals surface area contributed by atoms with Crippen molar-refractivity contribution in [2.24, 2.45) is 0 Å². The lowest BCUT2D eigenvalue weighted by Crippen LogP contribution is -2.16. The number of carbonyl (C=O) groups excluding carboxylic acids is 1. The van der Waals surface area contributed by atoms with Gasteiger partial charge in [-0.2, -0.15) is 0 Å². The highest BCUT2D eigenvalue weighted by Gasteiger charge is 2.17. The summed E-state index contributed by atoms with van der Waals surface area (Å²) in [7, 11) is 1.64. The summed E-state index contributed by atoms with van der Waals surface area (Å²) in [5.74, 6) is 1.74. The zero-order chi connectivity index (χ0) is 24.1. The molecule has 4 rings (SSSR count). The second-order valence-electron chi connectivity index (χ2n) is 8.21. The Hall–Kier alpha value is -3.58. The Kier molecular flexibility index (Phi) is 7.33. The fraction of sp³-hybridized carbons (Fsp3) is 0.222. The minimum Gasteiger partial charge on any atom is -0.497 e. The predicted octanol–water partition coefficient (Wildman–Crippen LogP) is 5.52. The van der Waals surface area contributed by atoms with Crippen molar-refractivity contribution in [3.63, 3.8) is 0 Å². The summed E-state index contributed by atoms with van der Waals surface area (Å²) in [4.78, 5) is 12.8. The maximum atomic E-state index is 12.8. The average Bonchev–Trinajstić information content (AvgIpc) is 3.23. The number of carbonyl (C=O) groups is 1. The lowest BCUT2D eigenvalue weighted by Gasteiger charge is -2.13. The largest absolute Gasteiger partial charge is 0.497 e. The first-order chi connectivity index (χ1) is 16.4. The van der Waals surface area contributed by atoms with Crippen LogP contribution in [0, 0.1) is 20.8 Å². The van der Waals surface area contributed by atoms with Crippen molar-refractivity contribution >= 4 is 23.4 Å². The van der Waals surface area contributed by atoms with Crippen molar-refractivity contribution in [3.8, 4) is 11.4 Å². The van der Waals surface area contributed by atoms with Gasteiger partial charge in [-0.3, -0.25) is 9.36 Å². The van der Waals surface area contributed by atoms with E-state index in [1.54, 1.807) is 7.11 Å². The highest BCUT2D eigenvalue weighted by Crippen LogP contribution is 2.26. The SMILES string of the molecule is COc1ccc(-n2c(Cc3ccccc3)nnc2SCC(=O)Nc2c(C)cc(C)cc2C)cc1. The highest BCUT2D eigenvalue weighted by atomic mass is 32.2. The number of nitrogens with one attached hydrogen (secondary N) is 1. The van der Waals surface area contributed by atoms with Gasteiger partial charge in [-0.1, -0.05) is 59.8 Å². The van der Waals surface area contributed by atoms with E-state index >= 15 is 0 Å². The van der Waals surface area contributed by atoms with Gasteiger partial charge >= 0.3 is 0 Å². The molecule has 0 atom stereocenters. The number of ether oxygens (including phenoxy) is 1. The summed E-state index contributed by atoms with van der Waals surface area (Å²) >= 11 is 1.37. The molecule has 4 aromatic rings. The van der Waals surface area contributed by atoms with Gasteiger partial charge in [0.2, 0.25) is 5.91 Å². The second-order valence-corrected chi connectivity index (χ2v) is 9.15. The number of nitrogens with zero attached hydrogens (tertiary/aromatic N) is 3. The number of rotatable bonds is 8. The summed E-state index contributed by atoms with van der Waals surface area (Å²) in [6.07, 6.45) is 0.633. The third-order valence-corrected chi connectivity index (χ3v) is 6.44. The molecule has 0 bridgehead atoms. The lowest BCUT2D eigenvalue weighted by molar-refractivity contribution is -0.113. The summed E-state index contributed by atoms with van der Waals surface area (Å²) in [6.45, 7) is 6.08. The van der Waals surface area contributed by atoms with E-state index in [4.69, 9.17) is 4.74 Å². The Bertz CT molecular complexity index is 1260. The molecule has 0 aliphatic heterocycles. The summed E-state index contributed by atoms with van der Waals surface area (Å²) in [5.41, 5.74) is 6.23. The van der Waals surface area contributed by atoms with Crippen LogP contribution in [0.25, 0.3) is 5.69 Å². The molecule has 1 heterocycles. The number of amides is 1. The van der Waals surface area contributed by atoms with E-state index in [1.807, 2.05) is 60.9 Å². The van der Waals surface area contributed by atoms with Gasteiger partial charge in [0.15, 0.2) is 5.16 Å². The molecule has 0 fully saturated rings. The number of aromatic nitrogens is 3. The van der Waals surface area contributed by atoms with Crippen LogP contribution in [-0.4, -0.2) is 33.5 Å². The molecule has 0 saturated carbocycles. The van der Waals surface area contributed by atoms with Gasteiger partial charge in [-0.15, -0.1) is 10.2 Å². The Morgan fingerprint density at radius 2 is 1.65 bits per heavy atom. The van der Waals surface area contributed by atoms with Gasteiger partial charge in [0.25, 0.3) is 0 Å². The Morgan fingerprint density at radius 3 is 2.29 bits per heavy atom. The van der Waals surface area contributed by atoms with Gasteiger partial charge in [-0.25, -0.2) is 0 Å². The van der Waals surface area contributed by atoms with Crippen LogP contribution >= 0.6 is 11.8 Å². The fourth-order valence-electron chi connectivity index (χ4n) is 3.96. The van der Waals surface area contributed by atoms with Crippen molar-refractivity contribution in [3.05, 3.63) is 94.8 Å². The van der Waals surface area contributed by atoms with Gasteiger partial charge in [-0.05, 0) is 61.7 Å². The molecule has 0 aliphatic rings. The highest BCUT2D eigenvalue weighted by molar-refractivity contribution is 7.99. The molecule has 0 aliphatic carbocycles. The third kappa shape index (κ3) is 5.48. The van der Waals surface area contributed by atoms with Crippen LogP contribution in [0.1, 0.15) is 28.1 Å². The monoisotopic (exact) mass is 472 g/mol. The van der Waals surface area contributed by atoms with E-state index < -0.39 is 0 Å². The molecule has 174 valence electrons. The smallest absolute Gasteiger partial charge is 0.234 e. The summed E-state index contributed by atoms with van der Waals surface area (Å²) in [5, 5.41) is 12.6. The van der Waals surface area contributed by atoms with Crippen molar-refractivity contribution in [1.82, 2.24) is 14.8 Å². The van der Waals surface area contributed by atoms with Gasteiger partial charge in [0.1, 0.15) is 11.6 Å². The van der Waals surface area contributed by atoms with Gasteiger partial charge in [0.05, 0.1) is 12.9 Å². The van der Waals surface area contributed by atoms with E-state index in [9.17, 15) is 4.79 Å². The molecule has 34 heavy (non-hydrogen) atoms. The number of anilines is 1. The first-order valence-electron chi connectivity index (χ1n) is 11.1. The molecular formula is C27H28N4O2S. The number of benzene rings is 3. The maximum Gasteiger partial charge on any atom is 0.234 e. The molecule has 0 unspecified atom stereocenters. The Morgan fingerprint density at radius 1 is 0.971 bits per heavy atom. The van der Waals surface area contributed by atoms with Crippen LogP contribution in [0.5, 0.6) is 5.75 Å². The molecule has 3 aromatic carbocycles. The first-order valence-corrected chi connectivity index (χ1v) is 12.1. The zero-order valence-electron chi connectivity index (χ0n) is 19.8. The molecule has 1 amide bonds. The third-order valence-electron chi connectivity index (χ3n) is 5.51. The minimum atomic E-state index is -0.0751. The summed E-state index contributed by atoms with van der Waals surface area (Å²) in [6, 6.07) is 22.1. The standard InChI is InChI=1S/C27H28N4O2S/c1-18-14-19(2)26(20(3)15-18)28-25(32)17-34-27-30-29-24(16-21-8-6-5-7-9-21)31(27)22-10-12-23(33-4)13-11-22/h5-15H,16-17H2,1-4H3,(H,28,32). The van der Waals surface area contributed by atoms with E-state index in [0.717, 1.165) is 39.6 Å². The van der Waals surface area contributed by atoms with Crippen LogP contribution < -0.4 is 10.1 Å². The molecule has 0 saturated heterocycles. The number of hydrogen-bond donors (Lipinski definition) is 1. The quantitative estimate of drug-likeness (QED) is 0.342. The van der Waals surface area contributed by atoms with Crippen LogP contribution in [0.15, 0.2) is 71.9 Å². The van der Waals surface area contributed by atoms with E-state index in [1.165, 1.54) is 17.3 Å². The van der Waals surface area contributed by atoms with Crippen LogP contribution in [0.2, 0.25) is 0 Å². The molecule has 1 N–H and O–H groups in total.